The second kappa shape index (κ2) is 15.0. The minimum atomic E-state index is -0.500. The van der Waals surface area contributed by atoms with Gasteiger partial charge in [0.25, 0.3) is 0 Å². The summed E-state index contributed by atoms with van der Waals surface area (Å²) in [7, 11) is 0. The Bertz CT molecular complexity index is 3360. The van der Waals surface area contributed by atoms with Crippen molar-refractivity contribution in [1.29, 1.82) is 0 Å². The molecule has 0 amide bonds. The number of rotatable bonds is 7. The predicted octanol–water partition coefficient (Wildman–Crippen LogP) is 14.9. The van der Waals surface area contributed by atoms with E-state index in [1.54, 1.807) is 0 Å². The number of fused-ring (bicyclic) bond motifs is 7. The molecule has 2 aromatic heterocycles. The first kappa shape index (κ1) is 36.6. The zero-order valence-corrected chi connectivity index (χ0v) is 34.4. The normalized spacial score (nSPS) is 12.6. The highest BCUT2D eigenvalue weighted by atomic mass is 14.9. The molecular weight excluding hydrogens is 763 g/mol. The maximum atomic E-state index is 5.51. The van der Waals surface area contributed by atoms with E-state index < -0.39 is 5.41 Å². The Kier molecular flexibility index (Phi) is 8.72. The van der Waals surface area contributed by atoms with Crippen molar-refractivity contribution >= 4 is 21.7 Å². The quantitative estimate of drug-likeness (QED) is 0.151. The summed E-state index contributed by atoms with van der Waals surface area (Å²) in [5, 5.41) is 3.54. The summed E-state index contributed by atoms with van der Waals surface area (Å²) >= 11 is 0. The van der Waals surface area contributed by atoms with Crippen molar-refractivity contribution < 1.29 is 0 Å². The lowest BCUT2D eigenvalue weighted by molar-refractivity contribution is 0.769. The second-order valence-corrected chi connectivity index (χ2v) is 16.3. The summed E-state index contributed by atoms with van der Waals surface area (Å²) in [6, 6.07) is 84.5. The number of benzene rings is 9. The van der Waals surface area contributed by atoms with Crippen LogP contribution in [0.2, 0.25) is 0 Å². The lowest BCUT2D eigenvalue weighted by Gasteiger charge is -2.34. The molecule has 0 unspecified atom stereocenters. The minimum absolute atomic E-state index is 0.500. The van der Waals surface area contributed by atoms with E-state index in [0.717, 1.165) is 61.4 Å². The first-order valence-electron chi connectivity index (χ1n) is 21.5. The predicted molar refractivity (Wildman–Crippen MR) is 259 cm³/mol. The summed E-state index contributed by atoms with van der Waals surface area (Å²) in [5.74, 6) is 0.710. The van der Waals surface area contributed by atoms with Gasteiger partial charge >= 0.3 is 0 Å². The van der Waals surface area contributed by atoms with Crippen molar-refractivity contribution in [2.24, 2.45) is 0 Å². The van der Waals surface area contributed by atoms with Gasteiger partial charge in [0, 0.05) is 33.0 Å². The van der Waals surface area contributed by atoms with Crippen LogP contribution in [-0.2, 0) is 5.41 Å². The van der Waals surface area contributed by atoms with Crippen LogP contribution in [0.3, 0.4) is 0 Å². The highest BCUT2D eigenvalue weighted by molar-refractivity contribution is 6.18. The third-order valence-electron chi connectivity index (χ3n) is 12.8. The SMILES string of the molecule is c1ccc(-c2cc(-c3ccc(-c4ccc(-c5nc6ccccc6c6ccc7c(c56)-c5ccccc5C7(c5ccccc5)c5ccccc5)cc4)cc3)nc(-c3ccccc3)n2)cc1. The van der Waals surface area contributed by atoms with E-state index in [2.05, 4.69) is 200 Å². The van der Waals surface area contributed by atoms with E-state index in [0.29, 0.717) is 5.82 Å². The molecule has 0 saturated heterocycles. The molecule has 0 bridgehead atoms. The molecule has 0 atom stereocenters. The third kappa shape index (κ3) is 6.01. The fraction of sp³-hybridized carbons (Fsp3) is 0.0167. The van der Waals surface area contributed by atoms with Gasteiger partial charge in [-0.15, -0.1) is 0 Å². The zero-order valence-electron chi connectivity index (χ0n) is 34.4. The van der Waals surface area contributed by atoms with Crippen LogP contribution in [0.15, 0.2) is 237 Å². The van der Waals surface area contributed by atoms with Crippen molar-refractivity contribution in [1.82, 2.24) is 15.0 Å². The smallest absolute Gasteiger partial charge is 0.160 e. The molecule has 0 N–H and O–H groups in total. The summed E-state index contributed by atoms with van der Waals surface area (Å²) < 4.78 is 0. The van der Waals surface area contributed by atoms with Crippen LogP contribution in [0.5, 0.6) is 0 Å². The van der Waals surface area contributed by atoms with Gasteiger partial charge in [0.2, 0.25) is 0 Å². The molecule has 9 aromatic carbocycles. The Morgan fingerprint density at radius 1 is 0.317 bits per heavy atom. The summed E-state index contributed by atoms with van der Waals surface area (Å²) in [5.41, 5.74) is 17.3. The molecule has 0 aliphatic heterocycles. The first-order valence-corrected chi connectivity index (χ1v) is 21.5. The summed E-state index contributed by atoms with van der Waals surface area (Å²) in [6.07, 6.45) is 0. The second-order valence-electron chi connectivity index (χ2n) is 16.3. The van der Waals surface area contributed by atoms with Gasteiger partial charge in [-0.1, -0.05) is 224 Å². The van der Waals surface area contributed by atoms with E-state index in [1.807, 2.05) is 36.4 Å². The Morgan fingerprint density at radius 2 is 0.810 bits per heavy atom. The van der Waals surface area contributed by atoms with Crippen LogP contribution in [0.1, 0.15) is 22.3 Å². The monoisotopic (exact) mass is 801 g/mol. The van der Waals surface area contributed by atoms with Crippen LogP contribution < -0.4 is 0 Å². The molecule has 0 saturated carbocycles. The molecule has 11 aromatic rings. The van der Waals surface area contributed by atoms with Gasteiger partial charge < -0.3 is 0 Å². The van der Waals surface area contributed by atoms with Crippen LogP contribution in [0, 0.1) is 0 Å². The van der Waals surface area contributed by atoms with Gasteiger partial charge in [-0.25, -0.2) is 15.0 Å². The maximum absolute atomic E-state index is 5.51. The number of aromatic nitrogens is 3. The van der Waals surface area contributed by atoms with E-state index in [1.165, 1.54) is 44.2 Å². The van der Waals surface area contributed by atoms with E-state index >= 15 is 0 Å². The van der Waals surface area contributed by atoms with Crippen LogP contribution in [0.4, 0.5) is 0 Å². The zero-order chi connectivity index (χ0) is 41.7. The maximum Gasteiger partial charge on any atom is 0.160 e. The average molecular weight is 802 g/mol. The van der Waals surface area contributed by atoms with Crippen LogP contribution >= 0.6 is 0 Å². The minimum Gasteiger partial charge on any atom is -0.247 e. The first-order chi connectivity index (χ1) is 31.2. The number of para-hydroxylation sites is 1. The average Bonchev–Trinajstić information content (AvgIpc) is 3.68. The van der Waals surface area contributed by atoms with Gasteiger partial charge in [0.1, 0.15) is 0 Å². The van der Waals surface area contributed by atoms with Gasteiger partial charge in [-0.3, -0.25) is 0 Å². The molecule has 294 valence electrons. The van der Waals surface area contributed by atoms with Crippen LogP contribution in [0.25, 0.3) is 89.1 Å². The lowest BCUT2D eigenvalue weighted by Crippen LogP contribution is -2.28. The molecule has 63 heavy (non-hydrogen) atoms. The molecule has 0 spiro atoms. The molecule has 12 rings (SSSR count). The number of pyridine rings is 1. The van der Waals surface area contributed by atoms with Gasteiger partial charge in [-0.05, 0) is 62.0 Å². The highest BCUT2D eigenvalue weighted by Crippen LogP contribution is 2.59. The fourth-order valence-corrected chi connectivity index (χ4v) is 9.91. The fourth-order valence-electron chi connectivity index (χ4n) is 9.91. The van der Waals surface area contributed by atoms with E-state index in [9.17, 15) is 0 Å². The molecule has 1 aliphatic rings. The number of nitrogens with zero attached hydrogens (tertiary/aromatic N) is 3. The topological polar surface area (TPSA) is 38.7 Å². The van der Waals surface area contributed by atoms with Crippen molar-refractivity contribution in [3.63, 3.8) is 0 Å². The lowest BCUT2D eigenvalue weighted by atomic mass is 9.67. The van der Waals surface area contributed by atoms with Crippen molar-refractivity contribution in [3.05, 3.63) is 259 Å². The highest BCUT2D eigenvalue weighted by Gasteiger charge is 2.47. The Labute approximate surface area is 366 Å². The molecule has 1 aliphatic carbocycles. The van der Waals surface area contributed by atoms with E-state index in [4.69, 9.17) is 15.0 Å². The Balaban J connectivity index is 0.988. The molecule has 2 heterocycles. The van der Waals surface area contributed by atoms with Crippen molar-refractivity contribution in [3.8, 4) is 67.4 Å². The third-order valence-corrected chi connectivity index (χ3v) is 12.8. The molecule has 3 heteroatoms. The van der Waals surface area contributed by atoms with Crippen molar-refractivity contribution in [2.45, 2.75) is 5.41 Å². The number of hydrogen-bond donors (Lipinski definition) is 0. The molecular formula is C60H39N3. The van der Waals surface area contributed by atoms with Gasteiger partial charge in [-0.2, -0.15) is 0 Å². The number of hydrogen-bond acceptors (Lipinski definition) is 3. The summed E-state index contributed by atoms with van der Waals surface area (Å²) in [4.78, 5) is 15.6. The van der Waals surface area contributed by atoms with Gasteiger partial charge in [0.15, 0.2) is 5.82 Å². The van der Waals surface area contributed by atoms with E-state index in [-0.39, 0.29) is 0 Å². The largest absolute Gasteiger partial charge is 0.247 e. The van der Waals surface area contributed by atoms with Gasteiger partial charge in [0.05, 0.1) is 28.0 Å². The molecule has 3 nitrogen and oxygen atoms in total. The Hall–Kier alpha value is -8.27. The van der Waals surface area contributed by atoms with Crippen LogP contribution in [-0.4, -0.2) is 15.0 Å². The molecule has 0 fully saturated rings. The van der Waals surface area contributed by atoms with Crippen molar-refractivity contribution in [2.75, 3.05) is 0 Å². The summed E-state index contributed by atoms with van der Waals surface area (Å²) in [6.45, 7) is 0. The standard InChI is InChI=1S/C60H39N3/c1-5-17-42(18-6-1)54-39-55(63-59(62-54)45-19-7-2-8-20-45)43-33-29-40(30-34-43)41-31-35-44(36-32-41)58-57-49(48-25-14-16-28-53(48)61-58)37-38-52-56(57)50-26-13-15-27-51(50)60(52,46-21-9-3-10-22-46)47-23-11-4-12-24-47/h1-39H. The molecule has 0 radical (unpaired) electrons. The Morgan fingerprint density at radius 3 is 1.44 bits per heavy atom.